The Morgan fingerprint density at radius 1 is 1.17 bits per heavy atom. The number of furan rings is 1. The number of fused-ring (bicyclic) bond motifs is 1. The molecule has 0 unspecified atom stereocenters. The van der Waals surface area contributed by atoms with E-state index in [1.165, 1.54) is 0 Å². The fraction of sp³-hybridized carbons (Fsp3) is 0.385. The zero-order valence-electron chi connectivity index (χ0n) is 9.76. The number of benzene rings is 1. The van der Waals surface area contributed by atoms with Gasteiger partial charge in [0, 0.05) is 23.9 Å². The largest absolute Gasteiger partial charge is 0.464 e. The van der Waals surface area contributed by atoms with Gasteiger partial charge in [-0.25, -0.2) is 0 Å². The fourth-order valence-corrected chi connectivity index (χ4v) is 1.81. The van der Waals surface area contributed by atoms with E-state index in [-0.39, 0.29) is 6.42 Å². The van der Waals surface area contributed by atoms with Crippen LogP contribution >= 0.6 is 0 Å². The summed E-state index contributed by atoms with van der Waals surface area (Å²) in [6, 6.07) is 7.59. The quantitative estimate of drug-likeness (QED) is 0.823. The van der Waals surface area contributed by atoms with Gasteiger partial charge in [0.1, 0.15) is 5.58 Å². The van der Waals surface area contributed by atoms with Crippen LogP contribution in [0.5, 0.6) is 0 Å². The SMILES string of the molecule is FC(F)(F)CCCNCc1coc2ccccc12. The Hall–Kier alpha value is -1.49. The predicted octanol–water partition coefficient (Wildman–Crippen LogP) is 3.86. The molecule has 0 atom stereocenters. The molecule has 2 nitrogen and oxygen atoms in total. The topological polar surface area (TPSA) is 25.2 Å². The van der Waals surface area contributed by atoms with Gasteiger partial charge in [0.05, 0.1) is 6.26 Å². The lowest BCUT2D eigenvalue weighted by atomic mass is 10.2. The molecular weight excluding hydrogens is 243 g/mol. The Labute approximate surface area is 103 Å². The Morgan fingerprint density at radius 2 is 1.94 bits per heavy atom. The van der Waals surface area contributed by atoms with Crippen LogP contribution in [-0.4, -0.2) is 12.7 Å². The number of rotatable bonds is 5. The van der Waals surface area contributed by atoms with E-state index in [4.69, 9.17) is 4.42 Å². The summed E-state index contributed by atoms with van der Waals surface area (Å²) in [6.45, 7) is 0.869. The Morgan fingerprint density at radius 3 is 2.72 bits per heavy atom. The average molecular weight is 257 g/mol. The minimum atomic E-state index is -4.07. The van der Waals surface area contributed by atoms with Gasteiger partial charge >= 0.3 is 6.18 Å². The molecule has 2 rings (SSSR count). The van der Waals surface area contributed by atoms with E-state index in [0.717, 1.165) is 16.5 Å². The molecule has 0 bridgehead atoms. The summed E-state index contributed by atoms with van der Waals surface area (Å²) in [6.07, 6.45) is -3.07. The van der Waals surface area contributed by atoms with Crippen molar-refractivity contribution in [1.82, 2.24) is 5.32 Å². The van der Waals surface area contributed by atoms with Gasteiger partial charge < -0.3 is 9.73 Å². The Balaban J connectivity index is 1.80. The Kier molecular flexibility index (Phi) is 3.91. The van der Waals surface area contributed by atoms with Crippen molar-refractivity contribution in [3.05, 3.63) is 36.1 Å². The van der Waals surface area contributed by atoms with Crippen LogP contribution in [0.25, 0.3) is 11.0 Å². The molecular formula is C13H14F3NO. The third kappa shape index (κ3) is 3.50. The van der Waals surface area contributed by atoms with Gasteiger partial charge in [-0.05, 0) is 19.0 Å². The maximum Gasteiger partial charge on any atom is 0.389 e. The lowest BCUT2D eigenvalue weighted by Crippen LogP contribution is -2.17. The molecule has 1 heterocycles. The van der Waals surface area contributed by atoms with Crippen LogP contribution in [0.3, 0.4) is 0 Å². The molecule has 0 aliphatic heterocycles. The monoisotopic (exact) mass is 257 g/mol. The van der Waals surface area contributed by atoms with E-state index < -0.39 is 12.6 Å². The van der Waals surface area contributed by atoms with Gasteiger partial charge in [-0.2, -0.15) is 13.2 Å². The normalized spacial score (nSPS) is 12.2. The maximum atomic E-state index is 11.9. The van der Waals surface area contributed by atoms with Gasteiger partial charge in [-0.15, -0.1) is 0 Å². The minimum absolute atomic E-state index is 0.0965. The highest BCUT2D eigenvalue weighted by Gasteiger charge is 2.25. The van der Waals surface area contributed by atoms with Gasteiger partial charge in [-0.3, -0.25) is 0 Å². The molecule has 0 saturated carbocycles. The van der Waals surface area contributed by atoms with Crippen molar-refractivity contribution in [1.29, 1.82) is 0 Å². The summed E-state index contributed by atoms with van der Waals surface area (Å²) >= 11 is 0. The number of nitrogens with one attached hydrogen (secondary N) is 1. The van der Waals surface area contributed by atoms with Crippen LogP contribution in [-0.2, 0) is 6.54 Å². The molecule has 1 aromatic heterocycles. The van der Waals surface area contributed by atoms with Crippen LogP contribution in [0.2, 0.25) is 0 Å². The zero-order valence-corrected chi connectivity index (χ0v) is 9.76. The molecule has 1 N–H and O–H groups in total. The summed E-state index contributed by atoms with van der Waals surface area (Å²) in [5.41, 5.74) is 1.77. The van der Waals surface area contributed by atoms with Crippen molar-refractivity contribution in [2.45, 2.75) is 25.6 Å². The van der Waals surface area contributed by atoms with Crippen LogP contribution in [0, 0.1) is 0 Å². The van der Waals surface area contributed by atoms with E-state index in [0.29, 0.717) is 13.1 Å². The van der Waals surface area contributed by atoms with Crippen molar-refractivity contribution < 1.29 is 17.6 Å². The smallest absolute Gasteiger partial charge is 0.389 e. The third-order valence-corrected chi connectivity index (χ3v) is 2.69. The van der Waals surface area contributed by atoms with Gasteiger partial charge in [0.2, 0.25) is 0 Å². The molecule has 0 aliphatic carbocycles. The average Bonchev–Trinajstić information content (AvgIpc) is 2.71. The summed E-state index contributed by atoms with van der Waals surface area (Å²) in [5.74, 6) is 0. The lowest BCUT2D eigenvalue weighted by molar-refractivity contribution is -0.135. The highest BCUT2D eigenvalue weighted by atomic mass is 19.4. The van der Waals surface area contributed by atoms with E-state index in [2.05, 4.69) is 5.32 Å². The van der Waals surface area contributed by atoms with E-state index in [1.807, 2.05) is 24.3 Å². The first-order valence-electron chi connectivity index (χ1n) is 5.79. The molecule has 98 valence electrons. The summed E-state index contributed by atoms with van der Waals surface area (Å²) in [7, 11) is 0. The molecule has 0 amide bonds. The van der Waals surface area contributed by atoms with Crippen LogP contribution in [0.4, 0.5) is 13.2 Å². The standard InChI is InChI=1S/C13H14F3NO/c14-13(15,16)6-3-7-17-8-10-9-18-12-5-2-1-4-11(10)12/h1-2,4-5,9,17H,3,6-8H2. The second kappa shape index (κ2) is 5.44. The first kappa shape index (κ1) is 13.0. The number of para-hydroxylation sites is 1. The second-order valence-corrected chi connectivity index (χ2v) is 4.15. The van der Waals surface area contributed by atoms with Gasteiger partial charge in [-0.1, -0.05) is 18.2 Å². The van der Waals surface area contributed by atoms with Gasteiger partial charge in [0.25, 0.3) is 0 Å². The van der Waals surface area contributed by atoms with Crippen molar-refractivity contribution in [3.8, 4) is 0 Å². The number of halogens is 3. The fourth-order valence-electron chi connectivity index (χ4n) is 1.81. The molecule has 0 spiro atoms. The molecule has 0 aliphatic rings. The van der Waals surface area contributed by atoms with Crippen molar-refractivity contribution in [3.63, 3.8) is 0 Å². The highest BCUT2D eigenvalue weighted by molar-refractivity contribution is 5.80. The molecule has 18 heavy (non-hydrogen) atoms. The number of alkyl halides is 3. The first-order chi connectivity index (χ1) is 8.56. The van der Waals surface area contributed by atoms with E-state index in [9.17, 15) is 13.2 Å². The van der Waals surface area contributed by atoms with E-state index in [1.54, 1.807) is 6.26 Å². The number of hydrogen-bond acceptors (Lipinski definition) is 2. The van der Waals surface area contributed by atoms with Crippen molar-refractivity contribution in [2.24, 2.45) is 0 Å². The van der Waals surface area contributed by atoms with Crippen molar-refractivity contribution >= 4 is 11.0 Å². The van der Waals surface area contributed by atoms with Crippen LogP contribution in [0.15, 0.2) is 34.9 Å². The summed E-state index contributed by atoms with van der Waals surface area (Å²) in [4.78, 5) is 0. The van der Waals surface area contributed by atoms with Gasteiger partial charge in [0.15, 0.2) is 0 Å². The molecule has 0 saturated heterocycles. The summed E-state index contributed by atoms with van der Waals surface area (Å²) < 4.78 is 41.1. The zero-order chi connectivity index (χ0) is 13.0. The highest BCUT2D eigenvalue weighted by Crippen LogP contribution is 2.22. The molecule has 1 aromatic carbocycles. The van der Waals surface area contributed by atoms with Crippen LogP contribution < -0.4 is 5.32 Å². The molecule has 5 heteroatoms. The molecule has 0 fully saturated rings. The summed E-state index contributed by atoms with van der Waals surface area (Å²) in [5, 5.41) is 3.99. The lowest BCUT2D eigenvalue weighted by Gasteiger charge is -2.06. The minimum Gasteiger partial charge on any atom is -0.464 e. The third-order valence-electron chi connectivity index (χ3n) is 2.69. The first-order valence-corrected chi connectivity index (χ1v) is 5.79. The number of hydrogen-bond donors (Lipinski definition) is 1. The molecule has 2 aromatic rings. The van der Waals surface area contributed by atoms with Crippen molar-refractivity contribution in [2.75, 3.05) is 6.54 Å². The Bertz CT molecular complexity index is 504. The second-order valence-electron chi connectivity index (χ2n) is 4.15. The maximum absolute atomic E-state index is 11.9. The molecule has 0 radical (unpaired) electrons. The predicted molar refractivity (Wildman–Crippen MR) is 63.2 cm³/mol. The van der Waals surface area contributed by atoms with Crippen LogP contribution in [0.1, 0.15) is 18.4 Å². The van der Waals surface area contributed by atoms with E-state index >= 15 is 0 Å².